The lowest BCUT2D eigenvalue weighted by atomic mass is 10.1. The van der Waals surface area contributed by atoms with Crippen LogP contribution in [-0.4, -0.2) is 14.3 Å². The van der Waals surface area contributed by atoms with Crippen LogP contribution in [0.4, 0.5) is 11.4 Å². The normalized spacial score (nSPS) is 11.1. The van der Waals surface area contributed by atoms with E-state index in [1.165, 1.54) is 23.4 Å². The molecule has 5 nitrogen and oxygen atoms in total. The molecular weight excluding hydrogens is 452 g/mol. The lowest BCUT2D eigenvalue weighted by Crippen LogP contribution is -2.30. The Kier molecular flexibility index (Phi) is 6.39. The minimum atomic E-state index is -3.83. The first-order chi connectivity index (χ1) is 13.8. The van der Waals surface area contributed by atoms with Crippen molar-refractivity contribution >= 4 is 43.2 Å². The van der Waals surface area contributed by atoms with Gasteiger partial charge in [-0.25, -0.2) is 8.42 Å². The van der Waals surface area contributed by atoms with Gasteiger partial charge in [0.1, 0.15) is 0 Å². The van der Waals surface area contributed by atoms with Gasteiger partial charge in [0.2, 0.25) is 5.91 Å². The molecule has 0 aliphatic heterocycles. The maximum absolute atomic E-state index is 13.5. The van der Waals surface area contributed by atoms with Crippen molar-refractivity contribution in [2.75, 3.05) is 9.62 Å². The third kappa shape index (κ3) is 5.25. The molecule has 0 fully saturated rings. The zero-order valence-electron chi connectivity index (χ0n) is 16.1. The Morgan fingerprint density at radius 3 is 2.31 bits per heavy atom. The number of amides is 1. The van der Waals surface area contributed by atoms with Gasteiger partial charge in [-0.2, -0.15) is 0 Å². The molecule has 0 aromatic heterocycles. The van der Waals surface area contributed by atoms with Gasteiger partial charge in [-0.05, 0) is 55.0 Å². The number of nitrogens with one attached hydrogen (secondary N) is 1. The van der Waals surface area contributed by atoms with Crippen LogP contribution in [0.25, 0.3) is 0 Å². The van der Waals surface area contributed by atoms with Crippen LogP contribution in [0.3, 0.4) is 0 Å². The summed E-state index contributed by atoms with van der Waals surface area (Å²) in [5, 5.41) is 2.64. The highest BCUT2D eigenvalue weighted by Crippen LogP contribution is 2.29. The quantitative estimate of drug-likeness (QED) is 0.541. The Bertz CT molecular complexity index is 1130. The summed E-state index contributed by atoms with van der Waals surface area (Å²) in [6.07, 6.45) is 0. The van der Waals surface area contributed by atoms with Gasteiger partial charge in [0.25, 0.3) is 10.0 Å². The van der Waals surface area contributed by atoms with E-state index in [4.69, 9.17) is 0 Å². The van der Waals surface area contributed by atoms with Crippen LogP contribution in [0.15, 0.2) is 82.2 Å². The Morgan fingerprint density at radius 2 is 1.69 bits per heavy atom. The molecule has 0 bridgehead atoms. The second kappa shape index (κ2) is 8.80. The number of carbonyl (C=O) groups is 1. The van der Waals surface area contributed by atoms with E-state index in [1.807, 2.05) is 37.3 Å². The van der Waals surface area contributed by atoms with Gasteiger partial charge < -0.3 is 5.32 Å². The van der Waals surface area contributed by atoms with Crippen molar-refractivity contribution in [3.63, 3.8) is 0 Å². The van der Waals surface area contributed by atoms with Crippen molar-refractivity contribution in [2.24, 2.45) is 0 Å². The van der Waals surface area contributed by atoms with E-state index in [0.717, 1.165) is 15.6 Å². The summed E-state index contributed by atoms with van der Waals surface area (Å²) in [4.78, 5) is 11.4. The van der Waals surface area contributed by atoms with Crippen LogP contribution < -0.4 is 9.62 Å². The van der Waals surface area contributed by atoms with Crippen LogP contribution in [0.1, 0.15) is 18.1 Å². The van der Waals surface area contributed by atoms with Crippen LogP contribution >= 0.6 is 15.9 Å². The van der Waals surface area contributed by atoms with Crippen LogP contribution in [-0.2, 0) is 21.4 Å². The summed E-state index contributed by atoms with van der Waals surface area (Å²) in [7, 11) is -3.83. The number of sulfonamides is 1. The molecule has 0 saturated heterocycles. The number of rotatable bonds is 6. The van der Waals surface area contributed by atoms with Crippen molar-refractivity contribution in [1.82, 2.24) is 0 Å². The molecule has 0 radical (unpaired) electrons. The standard InChI is InChI=1S/C22H21BrN2O3S/c1-16-5-3-6-18(13-16)15-25(21-8-4-7-19(23)14-21)29(27,28)22-11-9-20(10-12-22)24-17(2)26/h3-14H,15H2,1-2H3,(H,24,26). The number of hydrogen-bond donors (Lipinski definition) is 1. The third-order valence-electron chi connectivity index (χ3n) is 4.27. The van der Waals surface area contributed by atoms with Gasteiger partial charge in [0.05, 0.1) is 17.1 Å². The van der Waals surface area contributed by atoms with E-state index < -0.39 is 10.0 Å². The summed E-state index contributed by atoms with van der Waals surface area (Å²) in [5.41, 5.74) is 3.06. The van der Waals surface area contributed by atoms with Crippen LogP contribution in [0, 0.1) is 6.92 Å². The Hall–Kier alpha value is -2.64. The highest BCUT2D eigenvalue weighted by Gasteiger charge is 2.25. The summed E-state index contributed by atoms with van der Waals surface area (Å²) in [6.45, 7) is 3.58. The van der Waals surface area contributed by atoms with Crippen LogP contribution in [0.5, 0.6) is 0 Å². The second-order valence-corrected chi connectivity index (χ2v) is 9.46. The predicted molar refractivity (Wildman–Crippen MR) is 119 cm³/mol. The lowest BCUT2D eigenvalue weighted by Gasteiger charge is -2.25. The topological polar surface area (TPSA) is 66.5 Å². The molecule has 0 spiro atoms. The summed E-state index contributed by atoms with van der Waals surface area (Å²) in [6, 6.07) is 21.1. The molecular formula is C22H21BrN2O3S. The summed E-state index contributed by atoms with van der Waals surface area (Å²) >= 11 is 3.42. The van der Waals surface area contributed by atoms with Gasteiger partial charge in [0.15, 0.2) is 0 Å². The summed E-state index contributed by atoms with van der Waals surface area (Å²) in [5.74, 6) is -0.212. The van der Waals surface area contributed by atoms with Crippen molar-refractivity contribution < 1.29 is 13.2 Å². The average molecular weight is 473 g/mol. The van der Waals surface area contributed by atoms with Crippen molar-refractivity contribution in [1.29, 1.82) is 0 Å². The Labute approximate surface area is 179 Å². The molecule has 150 valence electrons. The fourth-order valence-corrected chi connectivity index (χ4v) is 4.80. The second-order valence-electron chi connectivity index (χ2n) is 6.69. The minimum Gasteiger partial charge on any atom is -0.326 e. The SMILES string of the molecule is CC(=O)Nc1ccc(S(=O)(=O)N(Cc2cccc(C)c2)c2cccc(Br)c2)cc1. The number of halogens is 1. The molecule has 3 aromatic carbocycles. The van der Waals surface area contributed by atoms with Gasteiger partial charge in [-0.3, -0.25) is 9.10 Å². The molecule has 0 unspecified atom stereocenters. The van der Waals surface area contributed by atoms with Crippen molar-refractivity contribution in [3.8, 4) is 0 Å². The Balaban J connectivity index is 2.03. The van der Waals surface area contributed by atoms with E-state index in [0.29, 0.717) is 11.4 Å². The number of benzene rings is 3. The molecule has 3 aromatic rings. The monoisotopic (exact) mass is 472 g/mol. The largest absolute Gasteiger partial charge is 0.326 e. The average Bonchev–Trinajstić information content (AvgIpc) is 2.66. The van der Waals surface area contributed by atoms with Crippen molar-refractivity contribution in [2.45, 2.75) is 25.3 Å². The highest BCUT2D eigenvalue weighted by atomic mass is 79.9. The molecule has 3 rings (SSSR count). The predicted octanol–water partition coefficient (Wildman–Crippen LogP) is 5.11. The van der Waals surface area contributed by atoms with Gasteiger partial charge in [-0.1, -0.05) is 51.8 Å². The zero-order chi connectivity index (χ0) is 21.0. The van der Waals surface area contributed by atoms with Gasteiger partial charge in [-0.15, -0.1) is 0 Å². The fourth-order valence-electron chi connectivity index (χ4n) is 2.96. The minimum absolute atomic E-state index is 0.152. The third-order valence-corrected chi connectivity index (χ3v) is 6.55. The van der Waals surface area contributed by atoms with E-state index in [2.05, 4.69) is 21.2 Å². The molecule has 1 N–H and O–H groups in total. The number of aryl methyl sites for hydroxylation is 1. The number of hydrogen-bond acceptors (Lipinski definition) is 3. The molecule has 0 atom stereocenters. The first-order valence-electron chi connectivity index (χ1n) is 8.97. The molecule has 0 saturated carbocycles. The molecule has 0 heterocycles. The number of carbonyl (C=O) groups excluding carboxylic acids is 1. The number of nitrogens with zero attached hydrogens (tertiary/aromatic N) is 1. The molecule has 7 heteroatoms. The smallest absolute Gasteiger partial charge is 0.264 e. The molecule has 29 heavy (non-hydrogen) atoms. The van der Waals surface area contributed by atoms with Crippen LogP contribution in [0.2, 0.25) is 0 Å². The molecule has 0 aliphatic carbocycles. The van der Waals surface area contributed by atoms with Gasteiger partial charge >= 0.3 is 0 Å². The highest BCUT2D eigenvalue weighted by molar-refractivity contribution is 9.10. The maximum atomic E-state index is 13.5. The van der Waals surface area contributed by atoms with Crippen molar-refractivity contribution in [3.05, 3.63) is 88.4 Å². The fraction of sp³-hybridized carbons (Fsp3) is 0.136. The van der Waals surface area contributed by atoms with Gasteiger partial charge in [0, 0.05) is 17.1 Å². The van der Waals surface area contributed by atoms with E-state index in [9.17, 15) is 13.2 Å². The lowest BCUT2D eigenvalue weighted by molar-refractivity contribution is -0.114. The molecule has 0 aliphatic rings. The van der Waals surface area contributed by atoms with E-state index in [1.54, 1.807) is 30.3 Å². The summed E-state index contributed by atoms with van der Waals surface area (Å²) < 4.78 is 29.2. The zero-order valence-corrected chi connectivity index (χ0v) is 18.5. The Morgan fingerprint density at radius 1 is 1.00 bits per heavy atom. The maximum Gasteiger partial charge on any atom is 0.264 e. The first-order valence-corrected chi connectivity index (χ1v) is 11.2. The van der Waals surface area contributed by atoms with E-state index in [-0.39, 0.29) is 17.3 Å². The number of anilines is 2. The first kappa shape index (κ1) is 21.1. The molecule has 1 amide bonds. The van der Waals surface area contributed by atoms with E-state index >= 15 is 0 Å².